The average molecular weight is 149 g/mol. The van der Waals surface area contributed by atoms with E-state index in [-0.39, 0.29) is 0 Å². The molecule has 0 saturated carbocycles. The van der Waals surface area contributed by atoms with Crippen LogP contribution in [-0.2, 0) is 0 Å². The second-order valence-electron chi connectivity index (χ2n) is 1.50. The van der Waals surface area contributed by atoms with Gasteiger partial charge in [-0.05, 0) is 0 Å². The van der Waals surface area contributed by atoms with Crippen molar-refractivity contribution in [2.45, 2.75) is 6.18 Å². The third-order valence-electron chi connectivity index (χ3n) is 0.794. The first kappa shape index (κ1) is 6.91. The lowest BCUT2D eigenvalue weighted by Crippen LogP contribution is -2.22. The first-order valence-corrected chi connectivity index (χ1v) is 2.32. The summed E-state index contributed by atoms with van der Waals surface area (Å²) in [6.07, 6.45) is -2.72. The second kappa shape index (κ2) is 2.20. The molecular formula is C4H2F3N3+. The lowest BCUT2D eigenvalue weighted by Gasteiger charge is -1.99. The van der Waals surface area contributed by atoms with Gasteiger partial charge in [-0.25, -0.2) is 0 Å². The Morgan fingerprint density at radius 1 is 1.40 bits per heavy atom. The normalized spacial score (nSPS) is 17.3. The second-order valence-corrected chi connectivity index (χ2v) is 1.50. The molecule has 1 radical (unpaired) electrons. The Kier molecular flexibility index (Phi) is 1.52. The van der Waals surface area contributed by atoms with Crippen molar-refractivity contribution in [3.8, 4) is 0 Å². The summed E-state index contributed by atoms with van der Waals surface area (Å²) in [7, 11) is 0. The van der Waals surface area contributed by atoms with Crippen LogP contribution >= 0.6 is 0 Å². The van der Waals surface area contributed by atoms with Gasteiger partial charge in [0.25, 0.3) is 0 Å². The summed E-state index contributed by atoms with van der Waals surface area (Å²) >= 11 is 0. The fourth-order valence-corrected chi connectivity index (χ4v) is 0.392. The van der Waals surface area contributed by atoms with Gasteiger partial charge in [-0.15, -0.1) is 0 Å². The van der Waals surface area contributed by atoms with Crippen LogP contribution < -0.4 is 5.22 Å². The molecule has 0 N–H and O–H groups in total. The maximum atomic E-state index is 11.7. The maximum absolute atomic E-state index is 11.7. The molecule has 3 nitrogen and oxygen atoms in total. The van der Waals surface area contributed by atoms with Crippen molar-refractivity contribution >= 4 is 5.71 Å². The highest BCUT2D eigenvalue weighted by Gasteiger charge is 2.37. The average Bonchev–Trinajstić information content (AvgIpc) is 1.88. The minimum atomic E-state index is -4.42. The first-order chi connectivity index (χ1) is 4.61. The summed E-state index contributed by atoms with van der Waals surface area (Å²) < 4.78 is 35.0. The van der Waals surface area contributed by atoms with E-state index >= 15 is 0 Å². The van der Waals surface area contributed by atoms with Crippen LogP contribution in [0, 0.1) is 0 Å². The van der Waals surface area contributed by atoms with Crippen LogP contribution in [0.5, 0.6) is 0 Å². The van der Waals surface area contributed by atoms with Gasteiger partial charge in [0.05, 0.1) is 5.11 Å². The van der Waals surface area contributed by atoms with Crippen molar-refractivity contribution in [1.29, 1.82) is 0 Å². The summed E-state index contributed by atoms with van der Waals surface area (Å²) in [5.74, 6) is 0. The topological polar surface area (TPSA) is 38.8 Å². The molecular weight excluding hydrogens is 147 g/mol. The van der Waals surface area contributed by atoms with Crippen molar-refractivity contribution < 1.29 is 13.2 Å². The van der Waals surface area contributed by atoms with Crippen molar-refractivity contribution in [3.05, 3.63) is 12.3 Å². The molecule has 0 aromatic rings. The summed E-state index contributed by atoms with van der Waals surface area (Å²) in [6.45, 7) is 0. The maximum Gasteiger partial charge on any atom is 0.439 e. The molecule has 0 aromatic carbocycles. The Bertz CT molecular complexity index is 212. The fraction of sp³-hybridized carbons (Fsp3) is 0.250. The molecule has 0 unspecified atom stereocenters. The minimum absolute atomic E-state index is 0.757. The van der Waals surface area contributed by atoms with Crippen LogP contribution in [-0.4, -0.2) is 11.9 Å². The van der Waals surface area contributed by atoms with E-state index in [1.165, 1.54) is 0 Å². The first-order valence-electron chi connectivity index (χ1n) is 2.32. The molecule has 0 fully saturated rings. The molecule has 6 heteroatoms. The molecule has 0 aromatic heterocycles. The molecule has 1 heterocycles. The molecule has 0 saturated heterocycles. The number of allylic oxidation sites excluding steroid dienone is 1. The lowest BCUT2D eigenvalue weighted by atomic mass is 10.3. The molecule has 1 rings (SSSR count). The molecule has 10 heavy (non-hydrogen) atoms. The molecule has 0 amide bonds. The summed E-state index contributed by atoms with van der Waals surface area (Å²) in [6, 6.07) is 0. The van der Waals surface area contributed by atoms with Crippen LogP contribution in [0.4, 0.5) is 13.2 Å². The monoisotopic (exact) mass is 149 g/mol. The molecule has 1 aliphatic heterocycles. The number of halogens is 3. The highest BCUT2D eigenvalue weighted by molar-refractivity contribution is 5.99. The lowest BCUT2D eigenvalue weighted by molar-refractivity contribution is -0.0581. The summed E-state index contributed by atoms with van der Waals surface area (Å²) in [4.78, 5) is 0. The number of rotatable bonds is 0. The molecule has 0 atom stereocenters. The van der Waals surface area contributed by atoms with Crippen LogP contribution in [0.1, 0.15) is 0 Å². The van der Waals surface area contributed by atoms with Crippen LogP contribution in [0.2, 0.25) is 0 Å². The van der Waals surface area contributed by atoms with Gasteiger partial charge in [-0.1, -0.05) is 0 Å². The smallest absolute Gasteiger partial charge is 0.164 e. The van der Waals surface area contributed by atoms with Crippen molar-refractivity contribution in [2.24, 2.45) is 10.2 Å². The third-order valence-corrected chi connectivity index (χ3v) is 0.794. The Morgan fingerprint density at radius 2 is 2.10 bits per heavy atom. The van der Waals surface area contributed by atoms with Crippen molar-refractivity contribution in [3.63, 3.8) is 0 Å². The number of hydrogen-bond acceptors (Lipinski definition) is 3. The van der Waals surface area contributed by atoms with Gasteiger partial charge in [0.2, 0.25) is 5.71 Å². The van der Waals surface area contributed by atoms with Gasteiger partial charge in [0, 0.05) is 6.08 Å². The van der Waals surface area contributed by atoms with Gasteiger partial charge in [0.15, 0.2) is 0 Å². The highest BCUT2D eigenvalue weighted by Crippen LogP contribution is 2.18. The van der Waals surface area contributed by atoms with Gasteiger partial charge < -0.3 is 0 Å². The Balaban J connectivity index is 2.85. The molecule has 0 bridgehead atoms. The predicted octanol–water partition coefficient (Wildman–Crippen LogP) is 1.22. The SMILES string of the molecule is FC(F)(F)C1=N[N+]=NC=C1. The third kappa shape index (κ3) is 1.40. The zero-order valence-electron chi connectivity index (χ0n) is 4.63. The zero-order chi connectivity index (χ0) is 7.61. The number of nitrogens with zero attached hydrogens (tertiary/aromatic N) is 3. The molecule has 53 valence electrons. The summed E-state index contributed by atoms with van der Waals surface area (Å²) in [5, 5.41) is 8.69. The van der Waals surface area contributed by atoms with Gasteiger partial charge >= 0.3 is 11.4 Å². The molecule has 0 spiro atoms. The Labute approximate surface area is 53.9 Å². The van der Waals surface area contributed by atoms with Gasteiger partial charge in [-0.3, -0.25) is 0 Å². The van der Waals surface area contributed by atoms with Crippen LogP contribution in [0.15, 0.2) is 22.5 Å². The van der Waals surface area contributed by atoms with E-state index in [0.29, 0.717) is 0 Å². The van der Waals surface area contributed by atoms with E-state index in [9.17, 15) is 13.2 Å². The standard InChI is InChI=1S/C4H2F3N3/c5-4(6,7)3-1-2-8-10-9-3/h1-2H/q+1. The fourth-order valence-electron chi connectivity index (χ4n) is 0.392. The van der Waals surface area contributed by atoms with Gasteiger partial charge in [-0.2, -0.15) is 13.2 Å². The molecule has 1 aliphatic rings. The van der Waals surface area contributed by atoms with E-state index in [2.05, 4.69) is 15.4 Å². The van der Waals surface area contributed by atoms with Gasteiger partial charge in [0.1, 0.15) is 11.3 Å². The minimum Gasteiger partial charge on any atom is -0.164 e. The highest BCUT2D eigenvalue weighted by atomic mass is 19.4. The Morgan fingerprint density at radius 3 is 2.40 bits per heavy atom. The summed E-state index contributed by atoms with van der Waals surface area (Å²) in [5.41, 5.74) is -1.03. The largest absolute Gasteiger partial charge is 0.439 e. The number of hydrogen-bond donors (Lipinski definition) is 0. The van der Waals surface area contributed by atoms with E-state index in [1.54, 1.807) is 0 Å². The van der Waals surface area contributed by atoms with E-state index < -0.39 is 11.9 Å². The van der Waals surface area contributed by atoms with Crippen LogP contribution in [0.3, 0.4) is 0 Å². The zero-order valence-corrected chi connectivity index (χ0v) is 4.63. The number of alkyl halides is 3. The molecule has 0 aliphatic carbocycles. The Hall–Kier alpha value is -1.20. The van der Waals surface area contributed by atoms with Crippen LogP contribution in [0.25, 0.3) is 0 Å². The van der Waals surface area contributed by atoms with E-state index in [0.717, 1.165) is 12.3 Å². The van der Waals surface area contributed by atoms with E-state index in [4.69, 9.17) is 0 Å². The predicted molar refractivity (Wildman–Crippen MR) is 27.2 cm³/mol. The van der Waals surface area contributed by atoms with Crippen molar-refractivity contribution in [2.75, 3.05) is 0 Å². The quantitative estimate of drug-likeness (QED) is 0.496. The van der Waals surface area contributed by atoms with E-state index in [1.807, 2.05) is 0 Å². The van der Waals surface area contributed by atoms with Crippen molar-refractivity contribution in [1.82, 2.24) is 5.22 Å².